The van der Waals surface area contributed by atoms with Crippen molar-refractivity contribution in [3.63, 3.8) is 0 Å². The van der Waals surface area contributed by atoms with Crippen molar-refractivity contribution in [3.8, 4) is 0 Å². The number of nitrogens with zero attached hydrogens (tertiary/aromatic N) is 1. The number of carbonyl (C=O) groups is 1. The molecule has 0 radical (unpaired) electrons. The summed E-state index contributed by atoms with van der Waals surface area (Å²) in [5.41, 5.74) is 3.24. The predicted molar refractivity (Wildman–Crippen MR) is 117 cm³/mol. The van der Waals surface area contributed by atoms with Crippen LogP contribution in [0.1, 0.15) is 37.5 Å². The molecular formula is C23H16ClNO3S. The van der Waals surface area contributed by atoms with Crippen LogP contribution in [0.5, 0.6) is 0 Å². The molecular weight excluding hydrogens is 406 g/mol. The molecule has 4 aromatic rings. The number of hydrogen-bond donors (Lipinski definition) is 2. The van der Waals surface area contributed by atoms with Crippen LogP contribution >= 0.6 is 22.9 Å². The molecule has 0 bridgehead atoms. The van der Waals surface area contributed by atoms with Crippen LogP contribution in [0.4, 0.5) is 0 Å². The molecule has 4 rings (SSSR count). The molecule has 0 aliphatic carbocycles. The molecule has 0 saturated heterocycles. The van der Waals surface area contributed by atoms with Crippen molar-refractivity contribution in [2.75, 3.05) is 0 Å². The topological polar surface area (TPSA) is 70.4 Å². The Balaban J connectivity index is 1.57. The number of thiophene rings is 1. The van der Waals surface area contributed by atoms with E-state index in [0.717, 1.165) is 33.5 Å². The van der Waals surface area contributed by atoms with Crippen molar-refractivity contribution < 1.29 is 15.0 Å². The number of aromatic nitrogens is 1. The second-order valence-electron chi connectivity index (χ2n) is 6.49. The van der Waals surface area contributed by atoms with Crippen LogP contribution in [0, 0.1) is 0 Å². The fourth-order valence-electron chi connectivity index (χ4n) is 2.99. The third-order valence-electron chi connectivity index (χ3n) is 4.46. The summed E-state index contributed by atoms with van der Waals surface area (Å²) in [5.74, 6) is -0.991. The number of rotatable bonds is 5. The fourth-order valence-corrected chi connectivity index (χ4v) is 4.02. The number of hydrogen-bond acceptors (Lipinski definition) is 4. The second-order valence-corrected chi connectivity index (χ2v) is 8.04. The van der Waals surface area contributed by atoms with E-state index in [2.05, 4.69) is 4.98 Å². The molecule has 144 valence electrons. The number of aliphatic hydroxyl groups is 1. The Morgan fingerprint density at radius 3 is 2.66 bits per heavy atom. The van der Waals surface area contributed by atoms with Crippen molar-refractivity contribution in [1.82, 2.24) is 4.98 Å². The van der Waals surface area contributed by atoms with Crippen molar-refractivity contribution in [2.24, 2.45) is 0 Å². The van der Waals surface area contributed by atoms with E-state index in [9.17, 15) is 9.90 Å². The number of aromatic carboxylic acids is 1. The molecule has 0 spiro atoms. The predicted octanol–water partition coefficient (Wildman–Crippen LogP) is 5.90. The van der Waals surface area contributed by atoms with Gasteiger partial charge in [-0.1, -0.05) is 48.0 Å². The van der Waals surface area contributed by atoms with Crippen LogP contribution < -0.4 is 0 Å². The van der Waals surface area contributed by atoms with Crippen molar-refractivity contribution >= 4 is 52.0 Å². The minimum atomic E-state index is -0.991. The summed E-state index contributed by atoms with van der Waals surface area (Å²) < 4.78 is 0. The fraction of sp³-hybridized carbons (Fsp3) is 0.0435. The summed E-state index contributed by atoms with van der Waals surface area (Å²) in [6.07, 6.45) is 2.95. The number of carboxylic acid groups (broad SMARTS) is 1. The summed E-state index contributed by atoms with van der Waals surface area (Å²) in [4.78, 5) is 16.5. The molecule has 2 heterocycles. The largest absolute Gasteiger partial charge is 0.477 e. The zero-order valence-electron chi connectivity index (χ0n) is 15.1. The molecule has 29 heavy (non-hydrogen) atoms. The highest BCUT2D eigenvalue weighted by molar-refractivity contribution is 7.14. The number of pyridine rings is 1. The van der Waals surface area contributed by atoms with Crippen molar-refractivity contribution in [2.45, 2.75) is 6.10 Å². The summed E-state index contributed by atoms with van der Waals surface area (Å²) >= 11 is 7.12. The van der Waals surface area contributed by atoms with Crippen LogP contribution in [0.15, 0.2) is 66.7 Å². The molecule has 6 heteroatoms. The lowest BCUT2D eigenvalue weighted by Crippen LogP contribution is -1.97. The molecule has 0 aliphatic heterocycles. The van der Waals surface area contributed by atoms with Gasteiger partial charge in [0.2, 0.25) is 0 Å². The zero-order chi connectivity index (χ0) is 20.4. The van der Waals surface area contributed by atoms with E-state index >= 15 is 0 Å². The van der Waals surface area contributed by atoms with E-state index in [1.54, 1.807) is 6.07 Å². The second kappa shape index (κ2) is 8.17. The highest BCUT2D eigenvalue weighted by atomic mass is 35.5. The molecule has 4 nitrogen and oxygen atoms in total. The normalized spacial score (nSPS) is 12.5. The third-order valence-corrected chi connectivity index (χ3v) is 5.82. The van der Waals surface area contributed by atoms with Gasteiger partial charge in [0.15, 0.2) is 0 Å². The molecule has 0 aliphatic rings. The number of aliphatic hydroxyl groups excluding tert-OH is 1. The van der Waals surface area contributed by atoms with Gasteiger partial charge < -0.3 is 10.2 Å². The summed E-state index contributed by atoms with van der Waals surface area (Å²) in [6, 6.07) is 20.2. The first kappa shape index (κ1) is 19.3. The zero-order valence-corrected chi connectivity index (χ0v) is 16.7. The van der Waals surface area contributed by atoms with Crippen molar-refractivity contribution in [1.29, 1.82) is 0 Å². The Labute approximate surface area is 176 Å². The minimum absolute atomic E-state index is 0.206. The van der Waals surface area contributed by atoms with Gasteiger partial charge in [-0.05, 0) is 53.6 Å². The Kier molecular flexibility index (Phi) is 5.45. The summed E-state index contributed by atoms with van der Waals surface area (Å²) in [7, 11) is 0. The number of benzene rings is 2. The van der Waals surface area contributed by atoms with Gasteiger partial charge in [0.1, 0.15) is 11.0 Å². The van der Waals surface area contributed by atoms with Crippen LogP contribution in [-0.4, -0.2) is 21.2 Å². The number of halogens is 1. The molecule has 1 atom stereocenters. The average Bonchev–Trinajstić information content (AvgIpc) is 3.22. The highest BCUT2D eigenvalue weighted by Crippen LogP contribution is 2.29. The smallest absolute Gasteiger partial charge is 0.345 e. The average molecular weight is 422 g/mol. The van der Waals surface area contributed by atoms with E-state index in [1.165, 1.54) is 6.07 Å². The van der Waals surface area contributed by atoms with Gasteiger partial charge in [-0.25, -0.2) is 9.78 Å². The first-order valence-electron chi connectivity index (χ1n) is 8.85. The van der Waals surface area contributed by atoms with E-state index in [1.807, 2.05) is 66.7 Å². The maximum atomic E-state index is 11.1. The molecule has 0 amide bonds. The standard InChI is InChI=1S/C23H16ClNO3S/c24-17-7-5-15-6-9-18(25-19(15)13-17)8-4-14-2-1-3-16(12-14)22(26)20-10-11-21(29-20)23(27)28/h1-13,22,26H,(H,27,28)/b8-4+. The first-order valence-corrected chi connectivity index (χ1v) is 10.0. The van der Waals surface area contributed by atoms with E-state index in [0.29, 0.717) is 15.5 Å². The highest BCUT2D eigenvalue weighted by Gasteiger charge is 2.15. The van der Waals surface area contributed by atoms with E-state index in [4.69, 9.17) is 16.7 Å². The van der Waals surface area contributed by atoms with Gasteiger partial charge in [0.25, 0.3) is 0 Å². The minimum Gasteiger partial charge on any atom is -0.477 e. The Hall–Kier alpha value is -2.99. The third kappa shape index (κ3) is 4.38. The molecule has 2 N–H and O–H groups in total. The summed E-state index contributed by atoms with van der Waals surface area (Å²) in [6.45, 7) is 0. The quantitative estimate of drug-likeness (QED) is 0.421. The molecule has 1 unspecified atom stereocenters. The van der Waals surface area contributed by atoms with Crippen LogP contribution in [0.3, 0.4) is 0 Å². The monoisotopic (exact) mass is 421 g/mol. The van der Waals surface area contributed by atoms with Gasteiger partial charge in [0.05, 0.1) is 11.2 Å². The Bertz CT molecular complexity index is 1230. The Morgan fingerprint density at radius 2 is 1.86 bits per heavy atom. The molecule has 2 aromatic carbocycles. The SMILES string of the molecule is O=C(O)c1ccc(C(O)c2cccc(/C=C/c3ccc4ccc(Cl)cc4n3)c2)s1. The molecule has 0 fully saturated rings. The van der Waals surface area contributed by atoms with Gasteiger partial charge in [-0.2, -0.15) is 0 Å². The van der Waals surface area contributed by atoms with Crippen LogP contribution in [0.2, 0.25) is 5.02 Å². The van der Waals surface area contributed by atoms with Crippen LogP contribution in [0.25, 0.3) is 23.1 Å². The lowest BCUT2D eigenvalue weighted by molar-refractivity contribution is 0.0702. The Morgan fingerprint density at radius 1 is 1.03 bits per heavy atom. The van der Waals surface area contributed by atoms with Gasteiger partial charge in [-0.3, -0.25) is 0 Å². The van der Waals surface area contributed by atoms with Gasteiger partial charge >= 0.3 is 5.97 Å². The lowest BCUT2D eigenvalue weighted by Gasteiger charge is -2.09. The van der Waals surface area contributed by atoms with E-state index in [-0.39, 0.29) is 4.88 Å². The maximum absolute atomic E-state index is 11.1. The van der Waals surface area contributed by atoms with Crippen molar-refractivity contribution in [3.05, 3.63) is 98.3 Å². The molecule has 2 aromatic heterocycles. The molecule has 0 saturated carbocycles. The first-order chi connectivity index (χ1) is 14.0. The van der Waals surface area contributed by atoms with E-state index < -0.39 is 12.1 Å². The number of fused-ring (bicyclic) bond motifs is 1. The van der Waals surface area contributed by atoms with Crippen LogP contribution in [-0.2, 0) is 0 Å². The lowest BCUT2D eigenvalue weighted by atomic mass is 10.0. The number of carboxylic acids is 1. The van der Waals surface area contributed by atoms with Gasteiger partial charge in [-0.15, -0.1) is 11.3 Å². The summed E-state index contributed by atoms with van der Waals surface area (Å²) in [5, 5.41) is 21.3. The maximum Gasteiger partial charge on any atom is 0.345 e. The van der Waals surface area contributed by atoms with Gasteiger partial charge in [0, 0.05) is 15.3 Å².